The van der Waals surface area contributed by atoms with E-state index in [1.54, 1.807) is 13.0 Å². The number of H-pyrrole nitrogens is 1. The van der Waals surface area contributed by atoms with Crippen LogP contribution in [0.5, 0.6) is 0 Å². The molecule has 1 atom stereocenters. The van der Waals surface area contributed by atoms with Gasteiger partial charge in [0.05, 0.1) is 5.69 Å². The third-order valence-electron chi connectivity index (χ3n) is 4.25. The fraction of sp³-hybridized carbons (Fsp3) is 0.182. The highest BCUT2D eigenvalue weighted by atomic mass is 35.5. The van der Waals surface area contributed by atoms with Crippen LogP contribution in [0.4, 0.5) is 0 Å². The highest BCUT2D eigenvalue weighted by Crippen LogP contribution is 2.31. The van der Waals surface area contributed by atoms with Gasteiger partial charge in [0.25, 0.3) is 0 Å². The van der Waals surface area contributed by atoms with Gasteiger partial charge < -0.3 is 9.72 Å². The van der Waals surface area contributed by atoms with E-state index < -0.39 is 6.10 Å². The zero-order chi connectivity index (χ0) is 19.6. The lowest BCUT2D eigenvalue weighted by molar-refractivity contribution is -0.119. The number of hydrogen-bond donors (Lipinski definition) is 1. The maximum absolute atomic E-state index is 11.7. The summed E-state index contributed by atoms with van der Waals surface area (Å²) in [5, 5.41) is 10.6. The van der Waals surface area contributed by atoms with Crippen LogP contribution >= 0.6 is 11.6 Å². The van der Waals surface area contributed by atoms with E-state index in [1.807, 2.05) is 24.3 Å². The Kier molecular flexibility index (Phi) is 5.34. The quantitative estimate of drug-likeness (QED) is 0.620. The number of aryl methyl sites for hydroxylation is 2. The van der Waals surface area contributed by atoms with Gasteiger partial charge in [0.1, 0.15) is 11.6 Å². The number of Topliss-reactive ketones (excluding diaryl/α,β-unsaturated/α-hetero) is 1. The molecule has 1 N–H and O–H groups in total. The van der Waals surface area contributed by atoms with Gasteiger partial charge in [-0.2, -0.15) is 5.26 Å². The standard InChI is InChI=1S/C14H9ClN2O2.C8H10/c1-7-13(18)10(6-16)14(19-7)12-5-8-4-9(15)2-3-11(8)17-12;1-7-4-3-5-8(2)6-7/h2-5,7,17H,1H3;3-6H,1-2H3. The summed E-state index contributed by atoms with van der Waals surface area (Å²) in [6.45, 7) is 5.84. The minimum absolute atomic E-state index is 0.0603. The van der Waals surface area contributed by atoms with Gasteiger partial charge in [-0.25, -0.2) is 0 Å². The molecule has 4 rings (SSSR count). The van der Waals surface area contributed by atoms with Crippen molar-refractivity contribution in [3.8, 4) is 6.07 Å². The molecule has 0 aliphatic carbocycles. The van der Waals surface area contributed by atoms with Gasteiger partial charge >= 0.3 is 0 Å². The zero-order valence-corrected chi connectivity index (χ0v) is 16.1. The average molecular weight is 379 g/mol. The topological polar surface area (TPSA) is 65.9 Å². The molecule has 0 radical (unpaired) electrons. The maximum Gasteiger partial charge on any atom is 0.217 e. The van der Waals surface area contributed by atoms with Gasteiger partial charge in [-0.15, -0.1) is 0 Å². The Morgan fingerprint density at radius 2 is 1.81 bits per heavy atom. The van der Waals surface area contributed by atoms with Crippen molar-refractivity contribution in [3.05, 3.63) is 75.9 Å². The van der Waals surface area contributed by atoms with Gasteiger partial charge in [0, 0.05) is 15.9 Å². The molecular formula is C22H19ClN2O2. The molecule has 27 heavy (non-hydrogen) atoms. The lowest BCUT2D eigenvalue weighted by Crippen LogP contribution is -2.12. The summed E-state index contributed by atoms with van der Waals surface area (Å²) in [4.78, 5) is 14.9. The molecule has 136 valence electrons. The second-order valence-electron chi connectivity index (χ2n) is 6.51. The first-order valence-corrected chi connectivity index (χ1v) is 8.94. The molecule has 0 fully saturated rings. The molecule has 0 saturated heterocycles. The Morgan fingerprint density at radius 3 is 2.41 bits per heavy atom. The number of ketones is 1. The Labute approximate surface area is 163 Å². The number of aromatic nitrogens is 1. The third kappa shape index (κ3) is 4.05. The number of aromatic amines is 1. The molecule has 2 heterocycles. The summed E-state index contributed by atoms with van der Waals surface area (Å²) in [7, 11) is 0. The van der Waals surface area contributed by atoms with Crippen molar-refractivity contribution in [2.45, 2.75) is 26.9 Å². The van der Waals surface area contributed by atoms with E-state index in [0.717, 1.165) is 10.9 Å². The van der Waals surface area contributed by atoms with Crippen molar-refractivity contribution in [2.24, 2.45) is 0 Å². The summed E-state index contributed by atoms with van der Waals surface area (Å²) in [6.07, 6.45) is -0.611. The highest BCUT2D eigenvalue weighted by Gasteiger charge is 2.33. The van der Waals surface area contributed by atoms with E-state index in [9.17, 15) is 4.79 Å². The minimum Gasteiger partial charge on any atom is -0.479 e. The number of benzene rings is 2. The molecule has 1 aliphatic rings. The first-order chi connectivity index (χ1) is 12.9. The van der Waals surface area contributed by atoms with Crippen molar-refractivity contribution < 1.29 is 9.53 Å². The monoisotopic (exact) mass is 378 g/mol. The van der Waals surface area contributed by atoms with Crippen molar-refractivity contribution in [1.29, 1.82) is 5.26 Å². The summed E-state index contributed by atoms with van der Waals surface area (Å²) in [6, 6.07) is 17.6. The summed E-state index contributed by atoms with van der Waals surface area (Å²) in [5.41, 5.74) is 4.23. The van der Waals surface area contributed by atoms with Crippen LogP contribution in [0, 0.1) is 25.2 Å². The second kappa shape index (κ2) is 7.69. The van der Waals surface area contributed by atoms with Crippen LogP contribution in [0.1, 0.15) is 23.7 Å². The molecular weight excluding hydrogens is 360 g/mol. The van der Waals surface area contributed by atoms with E-state index >= 15 is 0 Å². The number of rotatable bonds is 1. The third-order valence-corrected chi connectivity index (χ3v) is 4.49. The van der Waals surface area contributed by atoms with Gasteiger partial charge in [0.15, 0.2) is 11.9 Å². The van der Waals surface area contributed by atoms with Crippen molar-refractivity contribution >= 4 is 34.0 Å². The molecule has 1 unspecified atom stereocenters. The van der Waals surface area contributed by atoms with Crippen LogP contribution in [0.15, 0.2) is 54.1 Å². The van der Waals surface area contributed by atoms with Crippen LogP contribution in [-0.2, 0) is 9.53 Å². The van der Waals surface area contributed by atoms with Gasteiger partial charge in [-0.3, -0.25) is 4.79 Å². The molecule has 0 spiro atoms. The molecule has 4 nitrogen and oxygen atoms in total. The molecule has 3 aromatic rings. The Bertz CT molecular complexity index is 1070. The van der Waals surface area contributed by atoms with Gasteiger partial charge in [-0.05, 0) is 45.0 Å². The molecule has 0 bridgehead atoms. The summed E-state index contributed by atoms with van der Waals surface area (Å²) < 4.78 is 5.47. The lowest BCUT2D eigenvalue weighted by atomic mass is 10.1. The number of carbonyl (C=O) groups is 1. The van der Waals surface area contributed by atoms with E-state index in [-0.39, 0.29) is 11.4 Å². The molecule has 5 heteroatoms. The minimum atomic E-state index is -0.611. The molecule has 0 amide bonds. The van der Waals surface area contributed by atoms with E-state index in [0.29, 0.717) is 16.5 Å². The van der Waals surface area contributed by atoms with E-state index in [2.05, 4.69) is 43.1 Å². The smallest absolute Gasteiger partial charge is 0.217 e. The number of ether oxygens (including phenoxy) is 1. The van der Waals surface area contributed by atoms with Crippen LogP contribution < -0.4 is 0 Å². The Hall–Kier alpha value is -3.03. The van der Waals surface area contributed by atoms with Gasteiger partial charge in [0.2, 0.25) is 5.78 Å². The fourth-order valence-corrected chi connectivity index (χ4v) is 3.12. The molecule has 2 aromatic carbocycles. The largest absolute Gasteiger partial charge is 0.479 e. The number of hydrogen-bond acceptors (Lipinski definition) is 3. The molecule has 0 saturated carbocycles. The highest BCUT2D eigenvalue weighted by molar-refractivity contribution is 6.31. The second-order valence-corrected chi connectivity index (χ2v) is 6.95. The summed E-state index contributed by atoms with van der Waals surface area (Å²) in [5.74, 6) is 0.0292. The van der Waals surface area contributed by atoms with Crippen molar-refractivity contribution in [3.63, 3.8) is 0 Å². The number of nitrogens with one attached hydrogen (secondary N) is 1. The fourth-order valence-electron chi connectivity index (χ4n) is 2.94. The van der Waals surface area contributed by atoms with Crippen LogP contribution in [0.25, 0.3) is 16.7 Å². The predicted octanol–water partition coefficient (Wildman–Crippen LogP) is 5.35. The number of halogens is 1. The van der Waals surface area contributed by atoms with Crippen molar-refractivity contribution in [1.82, 2.24) is 4.98 Å². The number of nitrogens with zero attached hydrogens (tertiary/aromatic N) is 1. The zero-order valence-electron chi connectivity index (χ0n) is 15.3. The Balaban J connectivity index is 0.000000221. The molecule has 1 aromatic heterocycles. The number of carbonyl (C=O) groups excluding carboxylic acids is 1. The van der Waals surface area contributed by atoms with Gasteiger partial charge in [-0.1, -0.05) is 47.0 Å². The lowest BCUT2D eigenvalue weighted by Gasteiger charge is -2.04. The number of fused-ring (bicyclic) bond motifs is 1. The van der Waals surface area contributed by atoms with Crippen LogP contribution in [0.3, 0.4) is 0 Å². The van der Waals surface area contributed by atoms with E-state index in [4.69, 9.17) is 21.6 Å². The van der Waals surface area contributed by atoms with Crippen LogP contribution in [-0.4, -0.2) is 16.9 Å². The molecule has 1 aliphatic heterocycles. The summed E-state index contributed by atoms with van der Waals surface area (Å²) >= 11 is 5.93. The van der Waals surface area contributed by atoms with E-state index in [1.165, 1.54) is 11.1 Å². The average Bonchev–Trinajstić information content (AvgIpc) is 3.16. The maximum atomic E-state index is 11.7. The van der Waals surface area contributed by atoms with Crippen molar-refractivity contribution in [2.75, 3.05) is 0 Å². The first-order valence-electron chi connectivity index (χ1n) is 8.56. The number of nitriles is 1. The SMILES string of the molecule is CC1OC(c2cc3cc(Cl)ccc3[nH]2)=C(C#N)C1=O.Cc1cccc(C)c1. The Morgan fingerprint density at radius 1 is 1.11 bits per heavy atom. The predicted molar refractivity (Wildman–Crippen MR) is 107 cm³/mol. The van der Waals surface area contributed by atoms with Crippen LogP contribution in [0.2, 0.25) is 5.02 Å². The normalized spacial score (nSPS) is 16.0. The first kappa shape index (κ1) is 18.8.